The first-order chi connectivity index (χ1) is 8.06. The molecular weight excluding hydrogens is 236 g/mol. The summed E-state index contributed by atoms with van der Waals surface area (Å²) in [5.74, 6) is 2.77. The van der Waals surface area contributed by atoms with Crippen LogP contribution in [0.1, 0.15) is 42.9 Å². The first-order valence-corrected chi connectivity index (χ1v) is 6.34. The summed E-state index contributed by atoms with van der Waals surface area (Å²) in [6.45, 7) is 8.54. The standard InChI is InChI=1S/C11H16N4OS/c1-6(2)10-14-11(17-15-10)12-5-9-13-7(3)8(4)16-9/h6H,5H2,1-4H3,(H,12,14,15). The van der Waals surface area contributed by atoms with E-state index in [0.29, 0.717) is 18.4 Å². The summed E-state index contributed by atoms with van der Waals surface area (Å²) in [6.07, 6.45) is 0. The SMILES string of the molecule is Cc1nc(CNc2nc(C(C)C)ns2)oc1C. The van der Waals surface area contributed by atoms with Gasteiger partial charge in [0.2, 0.25) is 11.0 Å². The Morgan fingerprint density at radius 1 is 1.29 bits per heavy atom. The predicted molar refractivity (Wildman–Crippen MR) is 67.3 cm³/mol. The van der Waals surface area contributed by atoms with Crippen molar-refractivity contribution in [2.45, 2.75) is 40.2 Å². The minimum atomic E-state index is 0.355. The third-order valence-electron chi connectivity index (χ3n) is 2.42. The first kappa shape index (κ1) is 12.0. The molecule has 0 spiro atoms. The fourth-order valence-electron chi connectivity index (χ4n) is 1.31. The van der Waals surface area contributed by atoms with Gasteiger partial charge in [0.25, 0.3) is 0 Å². The molecule has 0 radical (unpaired) electrons. The molecule has 5 nitrogen and oxygen atoms in total. The summed E-state index contributed by atoms with van der Waals surface area (Å²) < 4.78 is 9.74. The summed E-state index contributed by atoms with van der Waals surface area (Å²) in [7, 11) is 0. The minimum Gasteiger partial charge on any atom is -0.444 e. The molecule has 0 aromatic carbocycles. The van der Waals surface area contributed by atoms with Crippen molar-refractivity contribution >= 4 is 16.7 Å². The van der Waals surface area contributed by atoms with Crippen molar-refractivity contribution in [3.63, 3.8) is 0 Å². The molecule has 0 saturated carbocycles. The highest BCUT2D eigenvalue weighted by molar-refractivity contribution is 7.09. The zero-order valence-corrected chi connectivity index (χ0v) is 11.3. The zero-order valence-electron chi connectivity index (χ0n) is 10.4. The van der Waals surface area contributed by atoms with Crippen molar-refractivity contribution in [2.75, 3.05) is 5.32 Å². The molecule has 2 aromatic heterocycles. The van der Waals surface area contributed by atoms with E-state index in [2.05, 4.69) is 33.5 Å². The second-order valence-electron chi connectivity index (χ2n) is 4.22. The van der Waals surface area contributed by atoms with E-state index in [1.54, 1.807) is 0 Å². The molecule has 0 bridgehead atoms. The van der Waals surface area contributed by atoms with E-state index in [1.165, 1.54) is 11.5 Å². The summed E-state index contributed by atoms with van der Waals surface area (Å²) in [5.41, 5.74) is 0.932. The number of aromatic nitrogens is 3. The van der Waals surface area contributed by atoms with Gasteiger partial charge in [-0.3, -0.25) is 0 Å². The van der Waals surface area contributed by atoms with Crippen LogP contribution in [0, 0.1) is 13.8 Å². The van der Waals surface area contributed by atoms with E-state index >= 15 is 0 Å². The number of rotatable bonds is 4. The fraction of sp³-hybridized carbons (Fsp3) is 0.545. The van der Waals surface area contributed by atoms with E-state index in [4.69, 9.17) is 4.42 Å². The van der Waals surface area contributed by atoms with Crippen LogP contribution < -0.4 is 5.32 Å². The lowest BCUT2D eigenvalue weighted by molar-refractivity contribution is 0.478. The Balaban J connectivity index is 1.97. The third kappa shape index (κ3) is 2.82. The molecule has 0 unspecified atom stereocenters. The smallest absolute Gasteiger partial charge is 0.214 e. The van der Waals surface area contributed by atoms with Crippen molar-refractivity contribution in [3.8, 4) is 0 Å². The minimum absolute atomic E-state index is 0.355. The lowest BCUT2D eigenvalue weighted by atomic mass is 10.2. The average Bonchev–Trinajstić information content (AvgIpc) is 2.84. The lowest BCUT2D eigenvalue weighted by Gasteiger charge is -1.97. The molecular formula is C11H16N4OS. The van der Waals surface area contributed by atoms with Gasteiger partial charge in [-0.15, -0.1) is 0 Å². The van der Waals surface area contributed by atoms with Crippen LogP contribution in [0.25, 0.3) is 0 Å². The van der Waals surface area contributed by atoms with Crippen LogP contribution in [0.2, 0.25) is 0 Å². The largest absolute Gasteiger partial charge is 0.444 e. The molecule has 0 fully saturated rings. The summed E-state index contributed by atoms with van der Waals surface area (Å²) in [4.78, 5) is 8.68. The Morgan fingerprint density at radius 2 is 2.06 bits per heavy atom. The molecule has 92 valence electrons. The molecule has 1 N–H and O–H groups in total. The monoisotopic (exact) mass is 252 g/mol. The normalized spacial score (nSPS) is 11.1. The van der Waals surface area contributed by atoms with Gasteiger partial charge in [0.05, 0.1) is 12.2 Å². The van der Waals surface area contributed by atoms with Crippen LogP contribution >= 0.6 is 11.5 Å². The van der Waals surface area contributed by atoms with Gasteiger partial charge in [0.1, 0.15) is 11.6 Å². The van der Waals surface area contributed by atoms with Gasteiger partial charge in [0, 0.05) is 17.5 Å². The topological polar surface area (TPSA) is 63.8 Å². The number of oxazole rings is 1. The number of hydrogen-bond acceptors (Lipinski definition) is 6. The van der Waals surface area contributed by atoms with Gasteiger partial charge in [-0.1, -0.05) is 13.8 Å². The van der Waals surface area contributed by atoms with Crippen molar-refractivity contribution in [3.05, 3.63) is 23.2 Å². The first-order valence-electron chi connectivity index (χ1n) is 5.56. The molecule has 0 atom stereocenters. The Bertz CT molecular complexity index is 484. The Morgan fingerprint density at radius 3 is 2.59 bits per heavy atom. The number of aryl methyl sites for hydroxylation is 2. The van der Waals surface area contributed by atoms with Crippen molar-refractivity contribution in [1.82, 2.24) is 14.3 Å². The number of nitrogens with one attached hydrogen (secondary N) is 1. The maximum atomic E-state index is 5.47. The average molecular weight is 252 g/mol. The molecule has 6 heteroatoms. The predicted octanol–water partition coefficient (Wildman–Crippen LogP) is 2.88. The van der Waals surface area contributed by atoms with Crippen LogP contribution in [0.15, 0.2) is 4.42 Å². The zero-order chi connectivity index (χ0) is 12.4. The summed E-state index contributed by atoms with van der Waals surface area (Å²) >= 11 is 1.37. The number of hydrogen-bond donors (Lipinski definition) is 1. The molecule has 0 amide bonds. The van der Waals surface area contributed by atoms with E-state index in [1.807, 2.05) is 13.8 Å². The second kappa shape index (κ2) is 4.83. The molecule has 2 aromatic rings. The summed E-state index contributed by atoms with van der Waals surface area (Å²) in [6, 6.07) is 0. The highest BCUT2D eigenvalue weighted by atomic mass is 32.1. The Labute approximate surface area is 104 Å². The van der Waals surface area contributed by atoms with Crippen molar-refractivity contribution < 1.29 is 4.42 Å². The lowest BCUT2D eigenvalue weighted by Crippen LogP contribution is -1.99. The molecule has 2 rings (SSSR count). The van der Waals surface area contributed by atoms with Gasteiger partial charge < -0.3 is 9.73 Å². The molecule has 0 aliphatic carbocycles. The van der Waals surface area contributed by atoms with E-state index in [0.717, 1.165) is 22.4 Å². The van der Waals surface area contributed by atoms with Gasteiger partial charge in [-0.05, 0) is 13.8 Å². The van der Waals surface area contributed by atoms with Crippen LogP contribution in [0.4, 0.5) is 5.13 Å². The molecule has 2 heterocycles. The van der Waals surface area contributed by atoms with Crippen LogP contribution in [0.5, 0.6) is 0 Å². The Hall–Kier alpha value is -1.43. The highest BCUT2D eigenvalue weighted by Gasteiger charge is 2.09. The highest BCUT2D eigenvalue weighted by Crippen LogP contribution is 2.18. The van der Waals surface area contributed by atoms with Crippen LogP contribution in [-0.4, -0.2) is 14.3 Å². The maximum Gasteiger partial charge on any atom is 0.214 e. The molecule has 0 aliphatic rings. The van der Waals surface area contributed by atoms with Crippen molar-refractivity contribution in [2.24, 2.45) is 0 Å². The molecule has 0 aliphatic heterocycles. The quantitative estimate of drug-likeness (QED) is 0.906. The Kier molecular flexibility index (Phi) is 3.42. The number of nitrogens with zero attached hydrogens (tertiary/aromatic N) is 3. The van der Waals surface area contributed by atoms with Crippen LogP contribution in [0.3, 0.4) is 0 Å². The van der Waals surface area contributed by atoms with Gasteiger partial charge >= 0.3 is 0 Å². The van der Waals surface area contributed by atoms with Gasteiger partial charge in [0.15, 0.2) is 0 Å². The fourth-order valence-corrected chi connectivity index (χ4v) is 2.01. The summed E-state index contributed by atoms with van der Waals surface area (Å²) in [5, 5.41) is 3.97. The number of anilines is 1. The van der Waals surface area contributed by atoms with Gasteiger partial charge in [-0.2, -0.15) is 4.37 Å². The molecule has 17 heavy (non-hydrogen) atoms. The van der Waals surface area contributed by atoms with Gasteiger partial charge in [-0.25, -0.2) is 9.97 Å². The van der Waals surface area contributed by atoms with Crippen molar-refractivity contribution in [1.29, 1.82) is 0 Å². The second-order valence-corrected chi connectivity index (χ2v) is 4.97. The van der Waals surface area contributed by atoms with Crippen LogP contribution in [-0.2, 0) is 6.54 Å². The molecule has 0 saturated heterocycles. The van der Waals surface area contributed by atoms with E-state index in [-0.39, 0.29) is 0 Å². The van der Waals surface area contributed by atoms with E-state index < -0.39 is 0 Å². The third-order valence-corrected chi connectivity index (χ3v) is 3.11. The maximum absolute atomic E-state index is 5.47. The van der Waals surface area contributed by atoms with E-state index in [9.17, 15) is 0 Å².